The van der Waals surface area contributed by atoms with E-state index in [2.05, 4.69) is 5.32 Å². The summed E-state index contributed by atoms with van der Waals surface area (Å²) in [5.74, 6) is -0.916. The van der Waals surface area contributed by atoms with Crippen molar-refractivity contribution in [3.8, 4) is 17.2 Å². The summed E-state index contributed by atoms with van der Waals surface area (Å²) in [6, 6.07) is 11.5. The van der Waals surface area contributed by atoms with Gasteiger partial charge in [0.2, 0.25) is 5.75 Å². The molecule has 1 unspecified atom stereocenters. The van der Waals surface area contributed by atoms with Gasteiger partial charge in [0.15, 0.2) is 11.5 Å². The summed E-state index contributed by atoms with van der Waals surface area (Å²) >= 11 is 0. The summed E-state index contributed by atoms with van der Waals surface area (Å²) in [4.78, 5) is 0. The first-order valence-electron chi connectivity index (χ1n) is 6.71. The molecule has 2 aromatic rings. The van der Waals surface area contributed by atoms with Gasteiger partial charge in [0.25, 0.3) is 0 Å². The summed E-state index contributed by atoms with van der Waals surface area (Å²) in [6.07, 6.45) is 1.45. The van der Waals surface area contributed by atoms with E-state index in [4.69, 9.17) is 0 Å². The Morgan fingerprint density at radius 3 is 2.55 bits per heavy atom. The van der Waals surface area contributed by atoms with Crippen LogP contribution in [0.4, 0.5) is 0 Å². The number of benzene rings is 2. The molecule has 2 aromatic carbocycles. The van der Waals surface area contributed by atoms with Crippen LogP contribution in [0, 0.1) is 0 Å². The van der Waals surface area contributed by atoms with Crippen molar-refractivity contribution in [1.29, 1.82) is 0 Å². The zero-order valence-corrected chi connectivity index (χ0v) is 11.0. The molecule has 1 heterocycles. The molecule has 4 heteroatoms. The summed E-state index contributed by atoms with van der Waals surface area (Å²) in [7, 11) is 0. The highest BCUT2D eigenvalue weighted by molar-refractivity contribution is 5.58. The Balaban J connectivity index is 1.99. The monoisotopic (exact) mass is 271 g/mol. The highest BCUT2D eigenvalue weighted by atomic mass is 16.3. The van der Waals surface area contributed by atoms with E-state index in [-0.39, 0.29) is 17.5 Å². The van der Waals surface area contributed by atoms with Gasteiger partial charge < -0.3 is 20.6 Å². The van der Waals surface area contributed by atoms with Gasteiger partial charge >= 0.3 is 0 Å². The third-order valence-electron chi connectivity index (χ3n) is 3.80. The Hall–Kier alpha value is -2.20. The minimum atomic E-state index is -0.439. The number of hydrogen-bond donors (Lipinski definition) is 4. The van der Waals surface area contributed by atoms with E-state index in [1.807, 2.05) is 30.3 Å². The zero-order valence-electron chi connectivity index (χ0n) is 11.0. The normalized spacial score (nSPS) is 17.7. The van der Waals surface area contributed by atoms with Crippen LogP contribution in [-0.2, 0) is 12.8 Å². The summed E-state index contributed by atoms with van der Waals surface area (Å²) in [6.45, 7) is 0.786. The zero-order chi connectivity index (χ0) is 14.1. The highest BCUT2D eigenvalue weighted by Crippen LogP contribution is 2.44. The Morgan fingerprint density at radius 2 is 1.80 bits per heavy atom. The van der Waals surface area contributed by atoms with E-state index < -0.39 is 5.75 Å². The van der Waals surface area contributed by atoms with Crippen LogP contribution in [-0.4, -0.2) is 21.9 Å². The van der Waals surface area contributed by atoms with Crippen LogP contribution in [0.5, 0.6) is 17.2 Å². The smallest absolute Gasteiger partial charge is 0.200 e. The first-order valence-corrected chi connectivity index (χ1v) is 6.71. The number of fused-ring (bicyclic) bond motifs is 1. The number of rotatable bonds is 2. The van der Waals surface area contributed by atoms with E-state index in [0.29, 0.717) is 5.56 Å². The molecule has 1 aliphatic heterocycles. The topological polar surface area (TPSA) is 72.7 Å². The molecule has 1 atom stereocenters. The molecule has 4 N–H and O–H groups in total. The maximum Gasteiger partial charge on any atom is 0.200 e. The predicted octanol–water partition coefficient (Wildman–Crippen LogP) is 2.23. The molecule has 4 nitrogen and oxygen atoms in total. The van der Waals surface area contributed by atoms with Crippen molar-refractivity contribution in [2.45, 2.75) is 18.9 Å². The van der Waals surface area contributed by atoms with Gasteiger partial charge in [-0.2, -0.15) is 0 Å². The summed E-state index contributed by atoms with van der Waals surface area (Å²) in [5.41, 5.74) is 2.73. The lowest BCUT2D eigenvalue weighted by atomic mass is 9.89. The molecular weight excluding hydrogens is 254 g/mol. The maximum absolute atomic E-state index is 10.1. The van der Waals surface area contributed by atoms with Crippen LogP contribution in [0.2, 0.25) is 0 Å². The van der Waals surface area contributed by atoms with Crippen molar-refractivity contribution in [2.24, 2.45) is 0 Å². The van der Waals surface area contributed by atoms with Crippen LogP contribution in [0.1, 0.15) is 22.7 Å². The minimum absolute atomic E-state index is 0.0624. The molecule has 0 fully saturated rings. The van der Waals surface area contributed by atoms with Gasteiger partial charge in [0.1, 0.15) is 0 Å². The summed E-state index contributed by atoms with van der Waals surface area (Å²) in [5, 5.41) is 32.8. The van der Waals surface area contributed by atoms with Gasteiger partial charge in [-0.1, -0.05) is 30.3 Å². The number of phenolic OH excluding ortho intramolecular Hbond substituents is 3. The van der Waals surface area contributed by atoms with Gasteiger partial charge in [-0.25, -0.2) is 0 Å². The van der Waals surface area contributed by atoms with E-state index in [1.54, 1.807) is 6.07 Å². The van der Waals surface area contributed by atoms with Crippen LogP contribution in [0.25, 0.3) is 0 Å². The molecule has 0 amide bonds. The maximum atomic E-state index is 10.1. The molecular formula is C16H17NO3. The second-order valence-electron chi connectivity index (χ2n) is 5.11. The van der Waals surface area contributed by atoms with E-state index in [0.717, 1.165) is 30.5 Å². The fourth-order valence-corrected chi connectivity index (χ4v) is 2.81. The predicted molar refractivity (Wildman–Crippen MR) is 76.0 cm³/mol. The SMILES string of the molecule is Oc1cc2c(c(O)c1O)C(Cc1ccccc1)NCC2. The molecule has 0 saturated heterocycles. The van der Waals surface area contributed by atoms with Gasteiger partial charge in [0, 0.05) is 11.6 Å². The van der Waals surface area contributed by atoms with Gasteiger partial charge in [-0.3, -0.25) is 0 Å². The van der Waals surface area contributed by atoms with Crippen LogP contribution < -0.4 is 5.32 Å². The van der Waals surface area contributed by atoms with Crippen LogP contribution in [0.15, 0.2) is 36.4 Å². The third-order valence-corrected chi connectivity index (χ3v) is 3.80. The standard InChI is InChI=1S/C16H17NO3/c18-13-9-11-6-7-17-12(14(11)16(20)15(13)19)8-10-4-2-1-3-5-10/h1-5,9,12,17-20H,6-8H2. The average Bonchev–Trinajstić information content (AvgIpc) is 2.46. The lowest BCUT2D eigenvalue weighted by molar-refractivity contribution is 0.354. The third kappa shape index (κ3) is 2.18. The Labute approximate surface area is 117 Å². The second kappa shape index (κ2) is 5.06. The lowest BCUT2D eigenvalue weighted by Crippen LogP contribution is -2.31. The van der Waals surface area contributed by atoms with Crippen molar-refractivity contribution in [3.63, 3.8) is 0 Å². The summed E-state index contributed by atoms with van der Waals surface area (Å²) < 4.78 is 0. The molecule has 104 valence electrons. The molecule has 1 aliphatic rings. The number of aromatic hydroxyl groups is 3. The Morgan fingerprint density at radius 1 is 1.05 bits per heavy atom. The fourth-order valence-electron chi connectivity index (χ4n) is 2.81. The van der Waals surface area contributed by atoms with Gasteiger partial charge in [0.05, 0.1) is 0 Å². The van der Waals surface area contributed by atoms with Gasteiger partial charge in [-0.15, -0.1) is 0 Å². The fraction of sp³-hybridized carbons (Fsp3) is 0.250. The molecule has 0 aromatic heterocycles. The number of phenols is 3. The molecule has 0 bridgehead atoms. The molecule has 3 rings (SSSR count). The first kappa shape index (κ1) is 12.8. The van der Waals surface area contributed by atoms with Crippen LogP contribution in [0.3, 0.4) is 0 Å². The first-order chi connectivity index (χ1) is 9.66. The quantitative estimate of drug-likeness (QED) is 0.632. The van der Waals surface area contributed by atoms with E-state index >= 15 is 0 Å². The minimum Gasteiger partial charge on any atom is -0.504 e. The molecule has 0 saturated carbocycles. The van der Waals surface area contributed by atoms with Crippen LogP contribution >= 0.6 is 0 Å². The lowest BCUT2D eigenvalue weighted by Gasteiger charge is -2.28. The number of hydrogen-bond acceptors (Lipinski definition) is 4. The largest absolute Gasteiger partial charge is 0.504 e. The van der Waals surface area contributed by atoms with Crippen molar-refractivity contribution in [1.82, 2.24) is 5.32 Å². The highest BCUT2D eigenvalue weighted by Gasteiger charge is 2.26. The average molecular weight is 271 g/mol. The molecule has 0 spiro atoms. The van der Waals surface area contributed by atoms with Gasteiger partial charge in [-0.05, 0) is 36.6 Å². The molecule has 0 radical (unpaired) electrons. The Bertz CT molecular complexity index is 625. The van der Waals surface area contributed by atoms with Crippen molar-refractivity contribution < 1.29 is 15.3 Å². The van der Waals surface area contributed by atoms with E-state index in [9.17, 15) is 15.3 Å². The molecule has 20 heavy (non-hydrogen) atoms. The Kier molecular flexibility index (Phi) is 3.24. The van der Waals surface area contributed by atoms with E-state index in [1.165, 1.54) is 0 Å². The van der Waals surface area contributed by atoms with Crippen molar-refractivity contribution >= 4 is 0 Å². The second-order valence-corrected chi connectivity index (χ2v) is 5.11. The van der Waals surface area contributed by atoms with Crippen molar-refractivity contribution in [3.05, 3.63) is 53.1 Å². The van der Waals surface area contributed by atoms with Crippen molar-refractivity contribution in [2.75, 3.05) is 6.54 Å². The molecule has 0 aliphatic carbocycles. The number of nitrogens with one attached hydrogen (secondary N) is 1.